The van der Waals surface area contributed by atoms with Crippen molar-refractivity contribution in [3.63, 3.8) is 0 Å². The Morgan fingerprint density at radius 3 is 2.13 bits per heavy atom. The maximum absolute atomic E-state index is 12.6. The second-order valence-corrected chi connectivity index (χ2v) is 5.51. The number of hydrogen-bond donors (Lipinski definition) is 0. The van der Waals surface area contributed by atoms with E-state index < -0.39 is 0 Å². The van der Waals surface area contributed by atoms with Gasteiger partial charge in [0.1, 0.15) is 0 Å². The van der Waals surface area contributed by atoms with Gasteiger partial charge in [0, 0.05) is 18.2 Å². The van der Waals surface area contributed by atoms with Crippen molar-refractivity contribution in [2.45, 2.75) is 13.8 Å². The smallest absolute Gasteiger partial charge is 0.265 e. The molecular weight excluding hydrogens is 286 g/mol. The minimum atomic E-state index is -0.0957. The number of rotatable bonds is 3. The van der Waals surface area contributed by atoms with E-state index in [2.05, 4.69) is 5.10 Å². The molecule has 2 aromatic carbocycles. The van der Waals surface area contributed by atoms with Crippen LogP contribution in [0.2, 0.25) is 0 Å². The average molecular weight is 305 g/mol. The minimum Gasteiger partial charge on any atom is -0.265 e. The van der Waals surface area contributed by atoms with Crippen molar-refractivity contribution in [3.8, 4) is 11.3 Å². The van der Waals surface area contributed by atoms with Crippen molar-refractivity contribution in [2.24, 2.45) is 12.1 Å². The molecule has 116 valence electrons. The van der Waals surface area contributed by atoms with Crippen molar-refractivity contribution in [1.82, 2.24) is 9.47 Å². The van der Waals surface area contributed by atoms with Crippen molar-refractivity contribution >= 4 is 5.71 Å². The summed E-state index contributed by atoms with van der Waals surface area (Å²) in [4.78, 5) is 14.0. The molecule has 3 aromatic rings. The number of benzene rings is 2. The molecule has 3 rings (SSSR count). The molecule has 0 aliphatic carbocycles. The van der Waals surface area contributed by atoms with Gasteiger partial charge in [0.25, 0.3) is 5.56 Å². The van der Waals surface area contributed by atoms with Gasteiger partial charge in [0.05, 0.1) is 11.4 Å². The first kappa shape index (κ1) is 15.0. The topological polar surface area (TPSA) is 39.3 Å². The molecular formula is C19H19N3O. The Morgan fingerprint density at radius 2 is 1.52 bits per heavy atom. The molecule has 4 nitrogen and oxygen atoms in total. The van der Waals surface area contributed by atoms with Crippen LogP contribution >= 0.6 is 0 Å². The monoisotopic (exact) mass is 305 g/mol. The highest BCUT2D eigenvalue weighted by Crippen LogP contribution is 2.20. The third kappa shape index (κ3) is 2.75. The van der Waals surface area contributed by atoms with Gasteiger partial charge in [-0.15, -0.1) is 4.79 Å². The normalized spacial score (nSPS) is 11.7. The highest BCUT2D eigenvalue weighted by molar-refractivity contribution is 5.98. The van der Waals surface area contributed by atoms with Gasteiger partial charge in [-0.05, 0) is 19.4 Å². The molecule has 0 saturated carbocycles. The Hall–Kier alpha value is -2.88. The lowest BCUT2D eigenvalue weighted by Crippen LogP contribution is -2.19. The zero-order valence-electron chi connectivity index (χ0n) is 13.5. The molecule has 0 aliphatic rings. The molecule has 0 atom stereocenters. The third-order valence-electron chi connectivity index (χ3n) is 3.95. The minimum absolute atomic E-state index is 0.0957. The van der Waals surface area contributed by atoms with Gasteiger partial charge < -0.3 is 0 Å². The summed E-state index contributed by atoms with van der Waals surface area (Å²) in [6, 6.07) is 19.7. The quantitative estimate of drug-likeness (QED) is 0.683. The zero-order valence-corrected chi connectivity index (χ0v) is 13.5. The van der Waals surface area contributed by atoms with Crippen molar-refractivity contribution < 1.29 is 0 Å². The third-order valence-corrected chi connectivity index (χ3v) is 3.95. The standard InChI is InChI=1S/C19H19N3O/c1-14-18(17-12-8-5-9-13-17)21(3)22(19(14)23)20-15(2)16-10-6-4-7-11-16/h4-13H,1-3H3/b20-15+. The van der Waals surface area contributed by atoms with Crippen LogP contribution in [0.4, 0.5) is 0 Å². The van der Waals surface area contributed by atoms with Crippen LogP contribution in [0.3, 0.4) is 0 Å². The van der Waals surface area contributed by atoms with Crippen LogP contribution in [-0.4, -0.2) is 15.2 Å². The highest BCUT2D eigenvalue weighted by atomic mass is 16.1. The largest absolute Gasteiger partial charge is 0.291 e. The molecule has 0 radical (unpaired) electrons. The van der Waals surface area contributed by atoms with Gasteiger partial charge in [-0.2, -0.15) is 5.10 Å². The van der Waals surface area contributed by atoms with Gasteiger partial charge in [-0.1, -0.05) is 60.7 Å². The lowest BCUT2D eigenvalue weighted by molar-refractivity contribution is 0.569. The summed E-state index contributed by atoms with van der Waals surface area (Å²) in [6.45, 7) is 3.75. The van der Waals surface area contributed by atoms with Crippen LogP contribution in [0.25, 0.3) is 11.3 Å². The first-order valence-corrected chi connectivity index (χ1v) is 7.54. The number of aromatic nitrogens is 2. The maximum Gasteiger partial charge on any atom is 0.291 e. The highest BCUT2D eigenvalue weighted by Gasteiger charge is 2.15. The lowest BCUT2D eigenvalue weighted by Gasteiger charge is -2.07. The molecule has 0 fully saturated rings. The van der Waals surface area contributed by atoms with Crippen LogP contribution in [0.1, 0.15) is 18.1 Å². The maximum atomic E-state index is 12.6. The second kappa shape index (κ2) is 6.08. The van der Waals surface area contributed by atoms with Gasteiger partial charge in [0.15, 0.2) is 0 Å². The lowest BCUT2D eigenvalue weighted by atomic mass is 10.1. The van der Waals surface area contributed by atoms with E-state index in [1.165, 1.54) is 4.79 Å². The first-order chi connectivity index (χ1) is 11.1. The van der Waals surface area contributed by atoms with E-state index in [-0.39, 0.29) is 5.56 Å². The van der Waals surface area contributed by atoms with Crippen LogP contribution < -0.4 is 5.56 Å². The second-order valence-electron chi connectivity index (χ2n) is 5.51. The zero-order chi connectivity index (χ0) is 16.4. The SMILES string of the molecule is C/C(=N\n1c(=O)c(C)c(-c2ccccc2)n1C)c1ccccc1. The van der Waals surface area contributed by atoms with E-state index in [9.17, 15) is 4.79 Å². The van der Waals surface area contributed by atoms with Crippen molar-refractivity contribution in [3.05, 3.63) is 82.1 Å². The predicted octanol–water partition coefficient (Wildman–Crippen LogP) is 3.43. The van der Waals surface area contributed by atoms with Crippen LogP contribution in [0.15, 0.2) is 70.6 Å². The molecule has 0 unspecified atom stereocenters. The summed E-state index contributed by atoms with van der Waals surface area (Å²) in [5.41, 5.74) is 4.30. The van der Waals surface area contributed by atoms with E-state index in [4.69, 9.17) is 0 Å². The van der Waals surface area contributed by atoms with Gasteiger partial charge in [-0.25, -0.2) is 0 Å². The Kier molecular flexibility index (Phi) is 3.98. The summed E-state index contributed by atoms with van der Waals surface area (Å²) in [6.07, 6.45) is 0. The molecule has 0 saturated heterocycles. The summed E-state index contributed by atoms with van der Waals surface area (Å²) in [7, 11) is 1.86. The molecule has 1 heterocycles. The summed E-state index contributed by atoms with van der Waals surface area (Å²) in [5, 5.41) is 4.52. The van der Waals surface area contributed by atoms with Crippen LogP contribution in [-0.2, 0) is 7.05 Å². The van der Waals surface area contributed by atoms with E-state index >= 15 is 0 Å². The van der Waals surface area contributed by atoms with Gasteiger partial charge in [-0.3, -0.25) is 9.48 Å². The van der Waals surface area contributed by atoms with E-state index in [1.807, 2.05) is 81.6 Å². The van der Waals surface area contributed by atoms with Gasteiger partial charge >= 0.3 is 0 Å². The Bertz CT molecular complexity index is 903. The first-order valence-electron chi connectivity index (χ1n) is 7.54. The molecule has 23 heavy (non-hydrogen) atoms. The molecule has 0 aliphatic heterocycles. The molecule has 4 heteroatoms. The molecule has 1 aromatic heterocycles. The fourth-order valence-corrected chi connectivity index (χ4v) is 2.72. The fourth-order valence-electron chi connectivity index (χ4n) is 2.72. The van der Waals surface area contributed by atoms with Crippen molar-refractivity contribution in [2.75, 3.05) is 0 Å². The van der Waals surface area contributed by atoms with E-state index in [0.29, 0.717) is 5.56 Å². The van der Waals surface area contributed by atoms with Crippen LogP contribution in [0, 0.1) is 6.92 Å². The summed E-state index contributed by atoms with van der Waals surface area (Å²) < 4.78 is 1.80. The fraction of sp³-hybridized carbons (Fsp3) is 0.158. The van der Waals surface area contributed by atoms with E-state index in [0.717, 1.165) is 22.5 Å². The van der Waals surface area contributed by atoms with Crippen LogP contribution in [0.5, 0.6) is 0 Å². The number of hydrogen-bond acceptors (Lipinski definition) is 2. The Balaban J connectivity index is 2.14. The summed E-state index contributed by atoms with van der Waals surface area (Å²) >= 11 is 0. The Morgan fingerprint density at radius 1 is 0.957 bits per heavy atom. The molecule has 0 N–H and O–H groups in total. The molecule has 0 spiro atoms. The average Bonchev–Trinajstić information content (AvgIpc) is 2.80. The predicted molar refractivity (Wildman–Crippen MR) is 93.9 cm³/mol. The van der Waals surface area contributed by atoms with E-state index in [1.54, 1.807) is 4.68 Å². The Labute approximate surface area is 135 Å². The molecule has 0 amide bonds. The summed E-state index contributed by atoms with van der Waals surface area (Å²) in [5.74, 6) is 0. The molecule has 0 bridgehead atoms. The van der Waals surface area contributed by atoms with Gasteiger partial charge in [0.2, 0.25) is 0 Å². The van der Waals surface area contributed by atoms with Crippen molar-refractivity contribution in [1.29, 1.82) is 0 Å². The number of nitrogens with zero attached hydrogens (tertiary/aromatic N) is 3.